The Morgan fingerprint density at radius 1 is 1.26 bits per heavy atom. The van der Waals surface area contributed by atoms with E-state index >= 15 is 0 Å². The molecule has 1 atom stereocenters. The highest BCUT2D eigenvalue weighted by Crippen LogP contribution is 2.30. The van der Waals surface area contributed by atoms with E-state index in [1.165, 1.54) is 9.42 Å². The van der Waals surface area contributed by atoms with Gasteiger partial charge in [0, 0.05) is 31.1 Å². The van der Waals surface area contributed by atoms with Crippen LogP contribution in [0.1, 0.15) is 18.5 Å². The second-order valence-corrected chi connectivity index (χ2v) is 7.66. The van der Waals surface area contributed by atoms with Gasteiger partial charge in [-0.25, -0.2) is 4.98 Å². The van der Waals surface area contributed by atoms with Gasteiger partial charge in [-0.05, 0) is 19.1 Å². The van der Waals surface area contributed by atoms with Gasteiger partial charge < -0.3 is 21.3 Å². The van der Waals surface area contributed by atoms with Crippen LogP contribution in [0.4, 0.5) is 17.7 Å². The SMILES string of the molecule is C[C@H](Nc1nc(N)n2nccc2n1)c1cc2cccc(Cl)c2nc1NCC(=O)N(C)C. The minimum atomic E-state index is -0.252. The van der Waals surface area contributed by atoms with Crippen LogP contribution >= 0.6 is 11.6 Å². The Balaban J connectivity index is 1.70. The van der Waals surface area contributed by atoms with Crippen LogP contribution in [0.5, 0.6) is 0 Å². The fraction of sp³-hybridized carbons (Fsp3) is 0.250. The van der Waals surface area contributed by atoms with E-state index < -0.39 is 0 Å². The van der Waals surface area contributed by atoms with E-state index in [0.717, 1.165) is 10.9 Å². The van der Waals surface area contributed by atoms with Gasteiger partial charge in [0.05, 0.1) is 29.3 Å². The van der Waals surface area contributed by atoms with Crippen molar-refractivity contribution in [2.45, 2.75) is 13.0 Å². The van der Waals surface area contributed by atoms with Gasteiger partial charge >= 0.3 is 0 Å². The first-order valence-electron chi connectivity index (χ1n) is 9.60. The van der Waals surface area contributed by atoms with Gasteiger partial charge in [-0.15, -0.1) is 0 Å². The molecule has 31 heavy (non-hydrogen) atoms. The third-order valence-electron chi connectivity index (χ3n) is 4.82. The molecule has 0 saturated heterocycles. The molecular weight excluding hydrogens is 418 g/mol. The predicted molar refractivity (Wildman–Crippen MR) is 121 cm³/mol. The summed E-state index contributed by atoms with van der Waals surface area (Å²) >= 11 is 6.34. The van der Waals surface area contributed by atoms with Crippen molar-refractivity contribution in [3.8, 4) is 0 Å². The molecule has 0 fully saturated rings. The smallest absolute Gasteiger partial charge is 0.241 e. The lowest BCUT2D eigenvalue weighted by molar-refractivity contribution is -0.126. The van der Waals surface area contributed by atoms with Crippen molar-refractivity contribution in [2.24, 2.45) is 0 Å². The molecule has 0 saturated carbocycles. The fourth-order valence-corrected chi connectivity index (χ4v) is 3.37. The van der Waals surface area contributed by atoms with Crippen molar-refractivity contribution in [1.29, 1.82) is 0 Å². The lowest BCUT2D eigenvalue weighted by atomic mass is 10.1. The molecule has 0 unspecified atom stereocenters. The number of benzene rings is 1. The average molecular weight is 440 g/mol. The van der Waals surface area contributed by atoms with Gasteiger partial charge in [-0.3, -0.25) is 4.79 Å². The predicted octanol–water partition coefficient (Wildman–Crippen LogP) is 2.58. The summed E-state index contributed by atoms with van der Waals surface area (Å²) in [5, 5.41) is 11.9. The zero-order chi connectivity index (χ0) is 22.1. The first-order chi connectivity index (χ1) is 14.8. The largest absolute Gasteiger partial charge is 0.368 e. The number of carbonyl (C=O) groups excluding carboxylic acids is 1. The Labute approximate surface area is 183 Å². The third-order valence-corrected chi connectivity index (χ3v) is 5.13. The van der Waals surface area contributed by atoms with Crippen LogP contribution in [0.3, 0.4) is 0 Å². The molecule has 0 spiro atoms. The molecule has 10 nitrogen and oxygen atoms in total. The van der Waals surface area contributed by atoms with E-state index in [0.29, 0.717) is 28.0 Å². The number of anilines is 3. The molecule has 1 amide bonds. The van der Waals surface area contributed by atoms with Crippen LogP contribution in [0, 0.1) is 0 Å². The van der Waals surface area contributed by atoms with Crippen LogP contribution in [-0.4, -0.2) is 56.0 Å². The molecule has 4 aromatic rings. The van der Waals surface area contributed by atoms with Crippen LogP contribution in [-0.2, 0) is 4.79 Å². The molecule has 4 rings (SSSR count). The maximum absolute atomic E-state index is 12.1. The van der Waals surface area contributed by atoms with Gasteiger partial charge in [-0.1, -0.05) is 23.7 Å². The summed E-state index contributed by atoms with van der Waals surface area (Å²) in [4.78, 5) is 27.0. The first-order valence-corrected chi connectivity index (χ1v) is 9.98. The van der Waals surface area contributed by atoms with E-state index in [9.17, 15) is 4.79 Å². The number of nitrogens with one attached hydrogen (secondary N) is 2. The first kappa shape index (κ1) is 20.6. The van der Waals surface area contributed by atoms with Crippen LogP contribution < -0.4 is 16.4 Å². The number of hydrogen-bond donors (Lipinski definition) is 3. The molecule has 0 aliphatic heterocycles. The summed E-state index contributed by atoms with van der Waals surface area (Å²) in [6, 6.07) is 9.06. The minimum Gasteiger partial charge on any atom is -0.368 e. The van der Waals surface area contributed by atoms with Gasteiger partial charge in [0.1, 0.15) is 5.82 Å². The van der Waals surface area contributed by atoms with Crippen LogP contribution in [0.25, 0.3) is 16.6 Å². The quantitative estimate of drug-likeness (QED) is 0.418. The Kier molecular flexibility index (Phi) is 5.47. The van der Waals surface area contributed by atoms with Crippen LogP contribution in [0.15, 0.2) is 36.5 Å². The third kappa shape index (κ3) is 4.15. The van der Waals surface area contributed by atoms with Crippen molar-refractivity contribution < 1.29 is 4.79 Å². The Morgan fingerprint density at radius 3 is 2.84 bits per heavy atom. The number of rotatable bonds is 6. The monoisotopic (exact) mass is 439 g/mol. The second kappa shape index (κ2) is 8.23. The second-order valence-electron chi connectivity index (χ2n) is 7.25. The molecule has 0 aliphatic carbocycles. The Morgan fingerprint density at radius 2 is 2.06 bits per heavy atom. The van der Waals surface area contributed by atoms with Crippen molar-refractivity contribution >= 4 is 51.8 Å². The van der Waals surface area contributed by atoms with Gasteiger partial charge in [-0.2, -0.15) is 19.6 Å². The molecule has 3 aromatic heterocycles. The summed E-state index contributed by atoms with van der Waals surface area (Å²) in [6.45, 7) is 2.05. The number of amides is 1. The summed E-state index contributed by atoms with van der Waals surface area (Å²) in [5.41, 5.74) is 8.04. The van der Waals surface area contributed by atoms with E-state index in [-0.39, 0.29) is 24.4 Å². The molecule has 0 radical (unpaired) electrons. The van der Waals surface area contributed by atoms with E-state index in [1.54, 1.807) is 32.4 Å². The zero-order valence-corrected chi connectivity index (χ0v) is 18.1. The number of carbonyl (C=O) groups is 1. The molecule has 160 valence electrons. The molecule has 3 heterocycles. The molecule has 1 aromatic carbocycles. The maximum Gasteiger partial charge on any atom is 0.241 e. The molecule has 11 heteroatoms. The van der Waals surface area contributed by atoms with Crippen molar-refractivity contribution in [1.82, 2.24) is 29.5 Å². The summed E-state index contributed by atoms with van der Waals surface area (Å²) in [7, 11) is 3.41. The van der Waals surface area contributed by atoms with Gasteiger partial charge in [0.2, 0.25) is 17.8 Å². The number of fused-ring (bicyclic) bond motifs is 2. The molecule has 4 N–H and O–H groups in total. The van der Waals surface area contributed by atoms with E-state index in [2.05, 4.69) is 25.7 Å². The van der Waals surface area contributed by atoms with Gasteiger partial charge in [0.15, 0.2) is 5.65 Å². The number of para-hydroxylation sites is 1. The van der Waals surface area contributed by atoms with Gasteiger partial charge in [0.25, 0.3) is 0 Å². The number of nitrogens with two attached hydrogens (primary N) is 1. The topological polar surface area (TPSA) is 126 Å². The molecule has 0 aliphatic rings. The number of likely N-dealkylation sites (N-methyl/N-ethyl adjacent to an activating group) is 1. The summed E-state index contributed by atoms with van der Waals surface area (Å²) in [5.74, 6) is 1.06. The Hall–Kier alpha value is -3.66. The molecule has 0 bridgehead atoms. The number of halogens is 1. The normalized spacial score (nSPS) is 12.1. The highest BCUT2D eigenvalue weighted by molar-refractivity contribution is 6.35. The van der Waals surface area contributed by atoms with E-state index in [4.69, 9.17) is 22.3 Å². The highest BCUT2D eigenvalue weighted by atomic mass is 35.5. The standard InChI is InChI=1S/C20H22ClN9O/c1-11(25-20-26-15-7-8-24-30(15)19(22)28-20)13-9-12-5-4-6-14(21)17(12)27-18(13)23-10-16(31)29(2)3/h4-9,11H,10H2,1-3H3,(H,23,27)(H3,22,25,26,28)/t11-/m0/s1. The van der Waals surface area contributed by atoms with Crippen molar-refractivity contribution in [3.05, 3.63) is 47.1 Å². The Bertz CT molecular complexity index is 1270. The van der Waals surface area contributed by atoms with Crippen molar-refractivity contribution in [3.63, 3.8) is 0 Å². The van der Waals surface area contributed by atoms with E-state index in [1.807, 2.05) is 25.1 Å². The lowest BCUT2D eigenvalue weighted by Crippen LogP contribution is -2.29. The minimum absolute atomic E-state index is 0.0742. The molecular formula is C20H22ClN9O. The maximum atomic E-state index is 12.1. The number of nitrogens with zero attached hydrogens (tertiary/aromatic N) is 6. The lowest BCUT2D eigenvalue weighted by Gasteiger charge is -2.20. The summed E-state index contributed by atoms with van der Waals surface area (Å²) in [6.07, 6.45) is 1.61. The van der Waals surface area contributed by atoms with Crippen molar-refractivity contribution in [2.75, 3.05) is 37.0 Å². The number of nitrogen functional groups attached to an aromatic ring is 1. The number of hydrogen-bond acceptors (Lipinski definition) is 8. The zero-order valence-electron chi connectivity index (χ0n) is 17.3. The fourth-order valence-electron chi connectivity index (χ4n) is 3.15. The highest BCUT2D eigenvalue weighted by Gasteiger charge is 2.18. The van der Waals surface area contributed by atoms with Crippen LogP contribution in [0.2, 0.25) is 5.02 Å². The number of aromatic nitrogens is 5. The average Bonchev–Trinajstić information content (AvgIpc) is 3.21. The summed E-state index contributed by atoms with van der Waals surface area (Å²) < 4.78 is 1.45. The number of pyridine rings is 1.